The fourth-order valence-corrected chi connectivity index (χ4v) is 2.19. The summed E-state index contributed by atoms with van der Waals surface area (Å²) in [5.41, 5.74) is 7.01. The maximum absolute atomic E-state index is 12.2. The van der Waals surface area contributed by atoms with Crippen LogP contribution in [0.1, 0.15) is 49.9 Å². The first-order valence-electron chi connectivity index (χ1n) is 7.95. The zero-order valence-corrected chi connectivity index (χ0v) is 13.3. The molecule has 5 nitrogen and oxygen atoms in total. The molecule has 120 valence electrons. The minimum absolute atomic E-state index is 0.0375. The van der Waals surface area contributed by atoms with E-state index in [0.29, 0.717) is 17.8 Å². The molecule has 1 aromatic rings. The molecule has 1 aliphatic carbocycles. The summed E-state index contributed by atoms with van der Waals surface area (Å²) in [6, 6.07) is 7.00. The molecule has 1 saturated carbocycles. The van der Waals surface area contributed by atoms with Crippen molar-refractivity contribution in [2.75, 3.05) is 11.9 Å². The third-order valence-electron chi connectivity index (χ3n) is 4.35. The van der Waals surface area contributed by atoms with Gasteiger partial charge in [-0.3, -0.25) is 9.59 Å². The minimum Gasteiger partial charge on any atom is -0.350 e. The van der Waals surface area contributed by atoms with Crippen molar-refractivity contribution < 1.29 is 9.59 Å². The van der Waals surface area contributed by atoms with Crippen molar-refractivity contribution in [2.45, 2.75) is 45.1 Å². The number of carbonyl (C=O) groups is 2. The van der Waals surface area contributed by atoms with Crippen LogP contribution in [-0.4, -0.2) is 23.9 Å². The molecule has 1 aliphatic rings. The topological polar surface area (TPSA) is 84.2 Å². The lowest BCUT2D eigenvalue weighted by Gasteiger charge is -2.26. The first-order valence-corrected chi connectivity index (χ1v) is 7.95. The predicted octanol–water partition coefficient (Wildman–Crippen LogP) is 2.28. The van der Waals surface area contributed by atoms with Crippen LogP contribution >= 0.6 is 0 Å². The summed E-state index contributed by atoms with van der Waals surface area (Å²) in [7, 11) is 0. The quantitative estimate of drug-likeness (QED) is 0.722. The van der Waals surface area contributed by atoms with E-state index in [9.17, 15) is 9.59 Å². The molecule has 0 saturated heterocycles. The minimum atomic E-state index is -0.368. The molecule has 2 rings (SSSR count). The summed E-state index contributed by atoms with van der Waals surface area (Å²) in [6.45, 7) is 4.48. The van der Waals surface area contributed by atoms with Crippen molar-refractivity contribution in [2.24, 2.45) is 11.7 Å². The molecule has 0 aliphatic heterocycles. The maximum atomic E-state index is 12.2. The Morgan fingerprint density at radius 1 is 1.27 bits per heavy atom. The zero-order chi connectivity index (χ0) is 16.2. The van der Waals surface area contributed by atoms with Crippen LogP contribution in [0.15, 0.2) is 24.3 Å². The highest BCUT2D eigenvalue weighted by molar-refractivity contribution is 5.98. The molecule has 0 bridgehead atoms. The fourth-order valence-electron chi connectivity index (χ4n) is 2.19. The molecule has 4 N–H and O–H groups in total. The van der Waals surface area contributed by atoms with Crippen LogP contribution in [0, 0.1) is 5.92 Å². The Labute approximate surface area is 131 Å². The number of rotatable bonds is 7. The van der Waals surface area contributed by atoms with Crippen LogP contribution in [0.5, 0.6) is 0 Å². The van der Waals surface area contributed by atoms with Gasteiger partial charge in [0.05, 0.1) is 0 Å². The number of anilines is 1. The normalized spacial score (nSPS) is 14.5. The maximum Gasteiger partial charge on any atom is 0.251 e. The fraction of sp³-hybridized carbons (Fsp3) is 0.529. The second-order valence-corrected chi connectivity index (χ2v) is 6.10. The van der Waals surface area contributed by atoms with Gasteiger partial charge in [-0.1, -0.05) is 19.9 Å². The van der Waals surface area contributed by atoms with E-state index in [1.807, 2.05) is 13.8 Å². The van der Waals surface area contributed by atoms with E-state index >= 15 is 0 Å². The SMILES string of the molecule is CCC(N)(CC)CNC(=O)c1cccc(NC(=O)C2CC2)c1. The summed E-state index contributed by atoms with van der Waals surface area (Å²) < 4.78 is 0. The number of benzene rings is 1. The Morgan fingerprint density at radius 2 is 1.95 bits per heavy atom. The second kappa shape index (κ2) is 6.92. The van der Waals surface area contributed by atoms with Crippen LogP contribution in [0.4, 0.5) is 5.69 Å². The first kappa shape index (κ1) is 16.5. The molecule has 0 spiro atoms. The van der Waals surface area contributed by atoms with Gasteiger partial charge in [0.15, 0.2) is 0 Å². The van der Waals surface area contributed by atoms with Crippen molar-refractivity contribution in [1.29, 1.82) is 0 Å². The van der Waals surface area contributed by atoms with E-state index in [-0.39, 0.29) is 23.3 Å². The van der Waals surface area contributed by atoms with Gasteiger partial charge in [0.2, 0.25) is 5.91 Å². The Kier molecular flexibility index (Phi) is 5.19. The number of amides is 2. The molecular formula is C17H25N3O2. The molecule has 0 heterocycles. The summed E-state index contributed by atoms with van der Waals surface area (Å²) in [5, 5.41) is 5.73. The van der Waals surface area contributed by atoms with Crippen LogP contribution in [0.3, 0.4) is 0 Å². The molecule has 1 fully saturated rings. The van der Waals surface area contributed by atoms with Gasteiger partial charge in [0.25, 0.3) is 5.91 Å². The highest BCUT2D eigenvalue weighted by Gasteiger charge is 2.29. The monoisotopic (exact) mass is 303 g/mol. The van der Waals surface area contributed by atoms with E-state index < -0.39 is 0 Å². The average Bonchev–Trinajstić information content (AvgIpc) is 3.37. The van der Waals surface area contributed by atoms with Gasteiger partial charge in [-0.15, -0.1) is 0 Å². The smallest absolute Gasteiger partial charge is 0.251 e. The van der Waals surface area contributed by atoms with Gasteiger partial charge < -0.3 is 16.4 Å². The molecule has 0 unspecified atom stereocenters. The van der Waals surface area contributed by atoms with Gasteiger partial charge >= 0.3 is 0 Å². The molecular weight excluding hydrogens is 278 g/mol. The molecule has 0 aromatic heterocycles. The summed E-state index contributed by atoms with van der Waals surface area (Å²) in [4.78, 5) is 24.0. The third kappa shape index (κ3) is 4.31. The molecule has 0 radical (unpaired) electrons. The van der Waals surface area contributed by atoms with Gasteiger partial charge in [-0.2, -0.15) is 0 Å². The van der Waals surface area contributed by atoms with Crippen LogP contribution < -0.4 is 16.4 Å². The Hall–Kier alpha value is -1.88. The van der Waals surface area contributed by atoms with Crippen molar-refractivity contribution in [3.05, 3.63) is 29.8 Å². The van der Waals surface area contributed by atoms with Crippen LogP contribution in [0.2, 0.25) is 0 Å². The summed E-state index contributed by atoms with van der Waals surface area (Å²) in [5.74, 6) is 0.0131. The lowest BCUT2D eigenvalue weighted by Crippen LogP contribution is -2.49. The standard InChI is InChI=1S/C17H25N3O2/c1-3-17(18,4-2)11-19-15(21)13-6-5-7-14(10-13)20-16(22)12-8-9-12/h5-7,10,12H,3-4,8-9,11,18H2,1-2H3,(H,19,21)(H,20,22). The number of hydrogen-bond donors (Lipinski definition) is 3. The first-order chi connectivity index (χ1) is 10.5. The van der Waals surface area contributed by atoms with Crippen molar-refractivity contribution in [3.63, 3.8) is 0 Å². The van der Waals surface area contributed by atoms with E-state index in [0.717, 1.165) is 25.7 Å². The Morgan fingerprint density at radius 3 is 2.55 bits per heavy atom. The van der Waals surface area contributed by atoms with Gasteiger partial charge in [-0.25, -0.2) is 0 Å². The Balaban J connectivity index is 1.96. The molecule has 0 atom stereocenters. The number of hydrogen-bond acceptors (Lipinski definition) is 3. The van der Waals surface area contributed by atoms with E-state index in [4.69, 9.17) is 5.73 Å². The number of carbonyl (C=O) groups excluding carboxylic acids is 2. The lowest BCUT2D eigenvalue weighted by molar-refractivity contribution is -0.117. The molecule has 5 heteroatoms. The third-order valence-corrected chi connectivity index (χ3v) is 4.35. The highest BCUT2D eigenvalue weighted by atomic mass is 16.2. The molecule has 22 heavy (non-hydrogen) atoms. The van der Waals surface area contributed by atoms with E-state index in [2.05, 4.69) is 10.6 Å². The van der Waals surface area contributed by atoms with Gasteiger partial charge in [-0.05, 0) is 43.9 Å². The van der Waals surface area contributed by atoms with Crippen LogP contribution in [-0.2, 0) is 4.79 Å². The molecule has 1 aromatic carbocycles. The lowest BCUT2D eigenvalue weighted by atomic mass is 9.94. The average molecular weight is 303 g/mol. The number of nitrogens with one attached hydrogen (secondary N) is 2. The van der Waals surface area contributed by atoms with Crippen LogP contribution in [0.25, 0.3) is 0 Å². The zero-order valence-electron chi connectivity index (χ0n) is 13.3. The highest BCUT2D eigenvalue weighted by Crippen LogP contribution is 2.30. The van der Waals surface area contributed by atoms with Crippen molar-refractivity contribution in [3.8, 4) is 0 Å². The molecule has 2 amide bonds. The second-order valence-electron chi connectivity index (χ2n) is 6.10. The largest absolute Gasteiger partial charge is 0.350 e. The number of nitrogens with two attached hydrogens (primary N) is 1. The van der Waals surface area contributed by atoms with Crippen molar-refractivity contribution in [1.82, 2.24) is 5.32 Å². The summed E-state index contributed by atoms with van der Waals surface area (Å²) in [6.07, 6.45) is 3.53. The predicted molar refractivity (Wildman–Crippen MR) is 87.6 cm³/mol. The van der Waals surface area contributed by atoms with E-state index in [1.54, 1.807) is 24.3 Å². The Bertz CT molecular complexity index is 549. The van der Waals surface area contributed by atoms with Gasteiger partial charge in [0.1, 0.15) is 0 Å². The van der Waals surface area contributed by atoms with Gasteiger partial charge in [0, 0.05) is 29.3 Å². The van der Waals surface area contributed by atoms with E-state index in [1.165, 1.54) is 0 Å². The summed E-state index contributed by atoms with van der Waals surface area (Å²) >= 11 is 0. The van der Waals surface area contributed by atoms with Crippen molar-refractivity contribution >= 4 is 17.5 Å².